The third-order valence-electron chi connectivity index (χ3n) is 4.78. The first-order chi connectivity index (χ1) is 11.9. The summed E-state index contributed by atoms with van der Waals surface area (Å²) in [4.78, 5) is 15.0. The van der Waals surface area contributed by atoms with Gasteiger partial charge in [-0.2, -0.15) is 0 Å². The Kier molecular flexibility index (Phi) is 4.06. The predicted octanol–water partition coefficient (Wildman–Crippen LogP) is 3.27. The number of piperazine rings is 1. The van der Waals surface area contributed by atoms with Crippen LogP contribution in [0.5, 0.6) is 0 Å². The third-order valence-corrected chi connectivity index (χ3v) is 6.18. The fraction of sp³-hybridized carbons (Fsp3) is 0.421. The van der Waals surface area contributed by atoms with Gasteiger partial charge in [0.05, 0.1) is 21.5 Å². The number of imidazole rings is 1. The van der Waals surface area contributed by atoms with Crippen LogP contribution in [-0.4, -0.2) is 53.2 Å². The minimum atomic E-state index is -0.816. The number of fused-ring (bicyclic) bond motifs is 1. The molecule has 3 heterocycles. The molecule has 25 heavy (non-hydrogen) atoms. The first-order valence-corrected chi connectivity index (χ1v) is 9.48. The largest absolute Gasteiger partial charge is 0.385 e. The number of likely N-dealkylation sites (N-methyl/N-ethyl adjacent to an activating group) is 1. The first-order valence-electron chi connectivity index (χ1n) is 8.66. The van der Waals surface area contributed by atoms with Crippen molar-refractivity contribution in [3.05, 3.63) is 35.2 Å². The molecule has 0 saturated carbocycles. The molecule has 1 aliphatic rings. The summed E-state index contributed by atoms with van der Waals surface area (Å²) in [6.45, 7) is 7.93. The van der Waals surface area contributed by atoms with Gasteiger partial charge in [-0.1, -0.05) is 0 Å². The Morgan fingerprint density at radius 2 is 1.88 bits per heavy atom. The Labute approximate surface area is 151 Å². The zero-order valence-electron chi connectivity index (χ0n) is 14.9. The van der Waals surface area contributed by atoms with Gasteiger partial charge in [0.25, 0.3) is 0 Å². The number of nitrogens with one attached hydrogen (secondary N) is 1. The van der Waals surface area contributed by atoms with Gasteiger partial charge in [-0.05, 0) is 51.2 Å². The van der Waals surface area contributed by atoms with Crippen molar-refractivity contribution in [1.82, 2.24) is 14.9 Å². The molecular weight excluding hydrogens is 332 g/mol. The van der Waals surface area contributed by atoms with Crippen LogP contribution in [0.4, 0.5) is 5.69 Å². The maximum Gasteiger partial charge on any atom is 0.148 e. The summed E-state index contributed by atoms with van der Waals surface area (Å²) in [6.07, 6.45) is 0. The van der Waals surface area contributed by atoms with E-state index < -0.39 is 5.60 Å². The summed E-state index contributed by atoms with van der Waals surface area (Å²) in [5, 5.41) is 10.2. The molecule has 2 aromatic heterocycles. The van der Waals surface area contributed by atoms with E-state index in [-0.39, 0.29) is 0 Å². The molecule has 0 spiro atoms. The highest BCUT2D eigenvalue weighted by Crippen LogP contribution is 2.34. The van der Waals surface area contributed by atoms with E-state index in [9.17, 15) is 5.11 Å². The zero-order chi connectivity index (χ0) is 17.6. The number of aliphatic hydroxyl groups is 1. The smallest absolute Gasteiger partial charge is 0.148 e. The third kappa shape index (κ3) is 3.29. The molecule has 1 saturated heterocycles. The SMILES string of the molecule is CN1CCN(c2ccc3nc(-c4ccc(C(C)(C)O)s4)[nH]c3c2)CC1. The Morgan fingerprint density at radius 1 is 1.12 bits per heavy atom. The molecule has 132 valence electrons. The van der Waals surface area contributed by atoms with E-state index in [1.54, 1.807) is 11.3 Å². The number of hydrogen-bond donors (Lipinski definition) is 2. The van der Waals surface area contributed by atoms with E-state index in [1.165, 1.54) is 5.69 Å². The van der Waals surface area contributed by atoms with Crippen molar-refractivity contribution in [2.45, 2.75) is 19.4 Å². The number of anilines is 1. The lowest BCUT2D eigenvalue weighted by Gasteiger charge is -2.34. The molecule has 1 fully saturated rings. The molecular formula is C19H24N4OS. The number of H-pyrrole nitrogens is 1. The van der Waals surface area contributed by atoms with Crippen LogP contribution in [0.25, 0.3) is 21.7 Å². The maximum atomic E-state index is 10.2. The van der Waals surface area contributed by atoms with E-state index in [2.05, 4.69) is 40.0 Å². The first kappa shape index (κ1) is 16.6. The number of nitrogens with zero attached hydrogens (tertiary/aromatic N) is 3. The molecule has 0 unspecified atom stereocenters. The summed E-state index contributed by atoms with van der Waals surface area (Å²) in [5.74, 6) is 0.867. The predicted molar refractivity (Wildman–Crippen MR) is 104 cm³/mol. The normalized spacial score (nSPS) is 16.7. The van der Waals surface area contributed by atoms with Crippen molar-refractivity contribution < 1.29 is 5.11 Å². The van der Waals surface area contributed by atoms with Crippen molar-refractivity contribution in [3.8, 4) is 10.7 Å². The molecule has 0 radical (unpaired) electrons. The molecule has 0 bridgehead atoms. The van der Waals surface area contributed by atoms with Gasteiger partial charge in [-0.3, -0.25) is 0 Å². The summed E-state index contributed by atoms with van der Waals surface area (Å²) < 4.78 is 0. The number of aromatic nitrogens is 2. The van der Waals surface area contributed by atoms with Crippen LogP contribution in [0.2, 0.25) is 0 Å². The Morgan fingerprint density at radius 3 is 2.56 bits per heavy atom. The fourth-order valence-corrected chi connectivity index (χ4v) is 4.12. The summed E-state index contributed by atoms with van der Waals surface area (Å²) in [7, 11) is 2.17. The number of rotatable bonds is 3. The van der Waals surface area contributed by atoms with E-state index in [0.717, 1.165) is 52.8 Å². The Hall–Kier alpha value is -1.89. The van der Waals surface area contributed by atoms with Gasteiger partial charge >= 0.3 is 0 Å². The molecule has 1 aromatic carbocycles. The molecule has 0 amide bonds. The second kappa shape index (κ2) is 6.12. The molecule has 2 N–H and O–H groups in total. The molecule has 1 aliphatic heterocycles. The van der Waals surface area contributed by atoms with Crippen LogP contribution in [-0.2, 0) is 5.60 Å². The van der Waals surface area contributed by atoms with Crippen LogP contribution in [0.1, 0.15) is 18.7 Å². The minimum Gasteiger partial charge on any atom is -0.385 e. The van der Waals surface area contributed by atoms with E-state index in [0.29, 0.717) is 0 Å². The summed E-state index contributed by atoms with van der Waals surface area (Å²) in [5.41, 5.74) is 2.47. The average Bonchev–Trinajstić information content (AvgIpc) is 3.21. The minimum absolute atomic E-state index is 0.816. The van der Waals surface area contributed by atoms with Crippen molar-refractivity contribution in [3.63, 3.8) is 0 Å². The molecule has 0 aliphatic carbocycles. The molecule has 3 aromatic rings. The Bertz CT molecular complexity index is 884. The van der Waals surface area contributed by atoms with Crippen LogP contribution in [0, 0.1) is 0 Å². The van der Waals surface area contributed by atoms with Gasteiger partial charge in [0, 0.05) is 36.7 Å². The van der Waals surface area contributed by atoms with Gasteiger partial charge < -0.3 is 19.9 Å². The summed E-state index contributed by atoms with van der Waals surface area (Å²) in [6, 6.07) is 10.4. The number of benzene rings is 1. The van der Waals surface area contributed by atoms with Gasteiger partial charge in [0.15, 0.2) is 0 Å². The van der Waals surface area contributed by atoms with Gasteiger partial charge in [-0.25, -0.2) is 4.98 Å². The standard InChI is InChI=1S/C19H24N4OS/c1-19(2,24)17-7-6-16(25-17)18-20-14-5-4-13(12-15(14)21-18)23-10-8-22(3)9-11-23/h4-7,12,24H,8-11H2,1-3H3,(H,20,21). The van der Waals surface area contributed by atoms with Gasteiger partial charge in [0.1, 0.15) is 5.82 Å². The monoisotopic (exact) mass is 356 g/mol. The van der Waals surface area contributed by atoms with E-state index >= 15 is 0 Å². The number of aromatic amines is 1. The van der Waals surface area contributed by atoms with Crippen molar-refractivity contribution in [1.29, 1.82) is 0 Å². The number of thiophene rings is 1. The molecule has 5 nitrogen and oxygen atoms in total. The maximum absolute atomic E-state index is 10.2. The van der Waals surface area contributed by atoms with E-state index in [1.807, 2.05) is 26.0 Å². The van der Waals surface area contributed by atoms with Crippen molar-refractivity contribution in [2.24, 2.45) is 0 Å². The quantitative estimate of drug-likeness (QED) is 0.756. The van der Waals surface area contributed by atoms with Crippen LogP contribution in [0.3, 0.4) is 0 Å². The fourth-order valence-electron chi connectivity index (χ4n) is 3.17. The van der Waals surface area contributed by atoms with Crippen LogP contribution in [0.15, 0.2) is 30.3 Å². The highest BCUT2D eigenvalue weighted by Gasteiger charge is 2.20. The molecule has 4 rings (SSSR count). The van der Waals surface area contributed by atoms with E-state index in [4.69, 9.17) is 4.98 Å². The van der Waals surface area contributed by atoms with Crippen molar-refractivity contribution >= 4 is 28.1 Å². The molecule has 6 heteroatoms. The average molecular weight is 356 g/mol. The van der Waals surface area contributed by atoms with Gasteiger partial charge in [0.2, 0.25) is 0 Å². The van der Waals surface area contributed by atoms with Crippen LogP contribution >= 0.6 is 11.3 Å². The summed E-state index contributed by atoms with van der Waals surface area (Å²) >= 11 is 1.58. The molecule has 0 atom stereocenters. The lowest BCUT2D eigenvalue weighted by Crippen LogP contribution is -2.44. The number of hydrogen-bond acceptors (Lipinski definition) is 5. The van der Waals surface area contributed by atoms with Crippen molar-refractivity contribution in [2.75, 3.05) is 38.1 Å². The Balaban J connectivity index is 1.63. The zero-order valence-corrected chi connectivity index (χ0v) is 15.7. The lowest BCUT2D eigenvalue weighted by molar-refractivity contribution is 0.0825. The second-order valence-electron chi connectivity index (χ2n) is 7.30. The highest BCUT2D eigenvalue weighted by molar-refractivity contribution is 7.15. The highest BCUT2D eigenvalue weighted by atomic mass is 32.1. The second-order valence-corrected chi connectivity index (χ2v) is 8.38. The van der Waals surface area contributed by atoms with Crippen LogP contribution < -0.4 is 4.90 Å². The topological polar surface area (TPSA) is 55.4 Å². The van der Waals surface area contributed by atoms with Gasteiger partial charge in [-0.15, -0.1) is 11.3 Å². The lowest BCUT2D eigenvalue weighted by atomic mass is 10.1.